The largest absolute Gasteiger partial charge is 0.332 e. The van der Waals surface area contributed by atoms with E-state index in [4.69, 9.17) is 12.2 Å². The SMILES string of the molecule is CCc1nnc2sc(-c3cccc(NC(=S)NC(=O)/C=C/c4ccc(C(C)C)cc4)c3)nn12. The molecule has 2 N–H and O–H groups in total. The summed E-state index contributed by atoms with van der Waals surface area (Å²) in [5.41, 5.74) is 3.90. The van der Waals surface area contributed by atoms with E-state index in [0.717, 1.165) is 39.0 Å². The first-order chi connectivity index (χ1) is 15.9. The first-order valence-corrected chi connectivity index (χ1v) is 11.9. The molecule has 0 aliphatic carbocycles. The molecule has 33 heavy (non-hydrogen) atoms. The Kier molecular flexibility index (Phi) is 6.90. The number of thiocarbonyl (C=S) groups is 1. The predicted molar refractivity (Wildman–Crippen MR) is 137 cm³/mol. The van der Waals surface area contributed by atoms with E-state index < -0.39 is 0 Å². The third-order valence-corrected chi connectivity index (χ3v) is 6.16. The van der Waals surface area contributed by atoms with Crippen LogP contribution >= 0.6 is 23.6 Å². The highest BCUT2D eigenvalue weighted by molar-refractivity contribution is 7.80. The minimum atomic E-state index is -0.294. The number of fused-ring (bicyclic) bond motifs is 1. The molecule has 4 rings (SSSR count). The zero-order valence-electron chi connectivity index (χ0n) is 18.6. The fraction of sp³-hybridized carbons (Fsp3) is 0.208. The van der Waals surface area contributed by atoms with E-state index in [-0.39, 0.29) is 11.0 Å². The van der Waals surface area contributed by atoms with Gasteiger partial charge in [-0.1, -0.05) is 68.5 Å². The molecule has 2 aromatic heterocycles. The minimum absolute atomic E-state index is 0.225. The van der Waals surface area contributed by atoms with Crippen LogP contribution in [0.15, 0.2) is 54.6 Å². The molecule has 2 aromatic carbocycles. The van der Waals surface area contributed by atoms with Crippen molar-refractivity contribution in [1.82, 2.24) is 25.1 Å². The summed E-state index contributed by atoms with van der Waals surface area (Å²) in [6.07, 6.45) is 4.00. The number of amides is 1. The van der Waals surface area contributed by atoms with Crippen LogP contribution in [0.3, 0.4) is 0 Å². The van der Waals surface area contributed by atoms with Crippen molar-refractivity contribution in [3.63, 3.8) is 0 Å². The Morgan fingerprint density at radius 2 is 1.97 bits per heavy atom. The maximum Gasteiger partial charge on any atom is 0.250 e. The van der Waals surface area contributed by atoms with E-state index in [1.54, 1.807) is 10.6 Å². The number of nitrogens with zero attached hydrogens (tertiary/aromatic N) is 4. The van der Waals surface area contributed by atoms with Gasteiger partial charge in [0.15, 0.2) is 10.9 Å². The fourth-order valence-electron chi connectivity index (χ4n) is 3.20. The summed E-state index contributed by atoms with van der Waals surface area (Å²) >= 11 is 6.78. The topological polar surface area (TPSA) is 84.2 Å². The second-order valence-corrected chi connectivity index (χ2v) is 9.11. The summed E-state index contributed by atoms with van der Waals surface area (Å²) in [5, 5.41) is 19.7. The van der Waals surface area contributed by atoms with Crippen molar-refractivity contribution in [2.24, 2.45) is 0 Å². The van der Waals surface area contributed by atoms with Gasteiger partial charge < -0.3 is 5.32 Å². The minimum Gasteiger partial charge on any atom is -0.332 e. The normalized spacial score (nSPS) is 11.4. The zero-order valence-corrected chi connectivity index (χ0v) is 20.2. The number of benzene rings is 2. The van der Waals surface area contributed by atoms with Gasteiger partial charge in [-0.25, -0.2) is 0 Å². The number of hydrogen-bond donors (Lipinski definition) is 2. The first-order valence-electron chi connectivity index (χ1n) is 10.6. The fourth-order valence-corrected chi connectivity index (χ4v) is 4.28. The van der Waals surface area contributed by atoms with Gasteiger partial charge in [0, 0.05) is 23.7 Å². The van der Waals surface area contributed by atoms with Gasteiger partial charge in [0.25, 0.3) is 0 Å². The molecule has 1 amide bonds. The van der Waals surface area contributed by atoms with Crippen molar-refractivity contribution in [3.8, 4) is 10.6 Å². The molecule has 0 radical (unpaired) electrons. The Labute approximate surface area is 201 Å². The monoisotopic (exact) mass is 476 g/mol. The molecule has 0 spiro atoms. The van der Waals surface area contributed by atoms with E-state index in [9.17, 15) is 4.79 Å². The molecule has 0 atom stereocenters. The van der Waals surface area contributed by atoms with Gasteiger partial charge in [0.1, 0.15) is 5.01 Å². The summed E-state index contributed by atoms with van der Waals surface area (Å²) in [6.45, 7) is 6.32. The molecule has 168 valence electrons. The highest BCUT2D eigenvalue weighted by Crippen LogP contribution is 2.27. The van der Waals surface area contributed by atoms with E-state index in [2.05, 4.69) is 51.9 Å². The first kappa shape index (κ1) is 22.8. The second kappa shape index (κ2) is 10.0. The Morgan fingerprint density at radius 1 is 1.18 bits per heavy atom. The number of aryl methyl sites for hydroxylation is 1. The molecular formula is C24H24N6OS2. The average molecular weight is 477 g/mol. The van der Waals surface area contributed by atoms with Crippen LogP contribution in [0.5, 0.6) is 0 Å². The molecule has 0 aliphatic rings. The molecule has 0 saturated heterocycles. The molecule has 0 unspecified atom stereocenters. The number of aromatic nitrogens is 4. The van der Waals surface area contributed by atoms with Crippen LogP contribution in [0.4, 0.5) is 5.69 Å². The van der Waals surface area contributed by atoms with Crippen molar-refractivity contribution >= 4 is 51.3 Å². The van der Waals surface area contributed by atoms with E-state index in [1.807, 2.05) is 43.3 Å². The van der Waals surface area contributed by atoms with Gasteiger partial charge in [-0.15, -0.1) is 10.2 Å². The molecule has 2 heterocycles. The Bertz CT molecular complexity index is 1320. The third-order valence-electron chi connectivity index (χ3n) is 5.01. The third kappa shape index (κ3) is 5.50. The highest BCUT2D eigenvalue weighted by atomic mass is 32.1. The molecule has 0 saturated carbocycles. The van der Waals surface area contributed by atoms with Crippen LogP contribution in [0.1, 0.15) is 43.6 Å². The average Bonchev–Trinajstić information content (AvgIpc) is 3.39. The zero-order chi connectivity index (χ0) is 23.4. The predicted octanol–water partition coefficient (Wildman–Crippen LogP) is 5.07. The lowest BCUT2D eigenvalue weighted by atomic mass is 10.0. The van der Waals surface area contributed by atoms with Gasteiger partial charge in [-0.2, -0.15) is 9.61 Å². The number of nitrogens with one attached hydrogen (secondary N) is 2. The van der Waals surface area contributed by atoms with Crippen LogP contribution in [-0.4, -0.2) is 30.8 Å². The van der Waals surface area contributed by atoms with Gasteiger partial charge in [0.05, 0.1) is 0 Å². The van der Waals surface area contributed by atoms with Crippen molar-refractivity contribution in [1.29, 1.82) is 0 Å². The van der Waals surface area contributed by atoms with Gasteiger partial charge in [-0.3, -0.25) is 10.1 Å². The molecular weight excluding hydrogens is 452 g/mol. The maximum atomic E-state index is 12.3. The summed E-state index contributed by atoms with van der Waals surface area (Å²) < 4.78 is 1.77. The van der Waals surface area contributed by atoms with Crippen molar-refractivity contribution in [2.75, 3.05) is 5.32 Å². The van der Waals surface area contributed by atoms with Crippen LogP contribution < -0.4 is 10.6 Å². The lowest BCUT2D eigenvalue weighted by Crippen LogP contribution is -2.32. The molecule has 0 bridgehead atoms. The number of hydrogen-bond acceptors (Lipinski definition) is 6. The van der Waals surface area contributed by atoms with Crippen LogP contribution in [0.2, 0.25) is 0 Å². The Hall–Kier alpha value is -3.43. The van der Waals surface area contributed by atoms with Crippen molar-refractivity contribution < 1.29 is 4.79 Å². The van der Waals surface area contributed by atoms with Crippen molar-refractivity contribution in [3.05, 3.63) is 71.6 Å². The summed E-state index contributed by atoms with van der Waals surface area (Å²) in [4.78, 5) is 13.0. The summed E-state index contributed by atoms with van der Waals surface area (Å²) in [6, 6.07) is 15.8. The Balaban J connectivity index is 1.38. The lowest BCUT2D eigenvalue weighted by molar-refractivity contribution is -0.115. The van der Waals surface area contributed by atoms with Crippen LogP contribution in [-0.2, 0) is 11.2 Å². The highest BCUT2D eigenvalue weighted by Gasteiger charge is 2.12. The van der Waals surface area contributed by atoms with Crippen molar-refractivity contribution in [2.45, 2.75) is 33.1 Å². The van der Waals surface area contributed by atoms with E-state index in [1.165, 1.54) is 23.0 Å². The summed E-state index contributed by atoms with van der Waals surface area (Å²) in [5.74, 6) is 1.01. The van der Waals surface area contributed by atoms with Gasteiger partial charge >= 0.3 is 0 Å². The van der Waals surface area contributed by atoms with E-state index >= 15 is 0 Å². The number of anilines is 1. The van der Waals surface area contributed by atoms with Crippen LogP contribution in [0.25, 0.3) is 21.6 Å². The lowest BCUT2D eigenvalue weighted by Gasteiger charge is -2.09. The molecule has 7 nitrogen and oxygen atoms in total. The molecule has 0 fully saturated rings. The molecule has 9 heteroatoms. The van der Waals surface area contributed by atoms with Gasteiger partial charge in [-0.05, 0) is 47.5 Å². The smallest absolute Gasteiger partial charge is 0.250 e. The molecule has 4 aromatic rings. The quantitative estimate of drug-likeness (QED) is 0.299. The number of carbonyl (C=O) groups is 1. The molecule has 0 aliphatic heterocycles. The van der Waals surface area contributed by atoms with E-state index in [0.29, 0.717) is 5.92 Å². The standard InChI is InChI=1S/C24H24N6OS2/c1-4-20-27-28-24-30(20)29-22(33-24)18-6-5-7-19(14-18)25-23(32)26-21(31)13-10-16-8-11-17(12-9-16)15(2)3/h5-15H,4H2,1-3H3,(H2,25,26,31,32)/b13-10+. The summed E-state index contributed by atoms with van der Waals surface area (Å²) in [7, 11) is 0. The van der Waals surface area contributed by atoms with Crippen LogP contribution in [0, 0.1) is 0 Å². The Morgan fingerprint density at radius 3 is 2.70 bits per heavy atom. The van der Waals surface area contributed by atoms with Gasteiger partial charge in [0.2, 0.25) is 10.9 Å². The second-order valence-electron chi connectivity index (χ2n) is 7.75. The number of rotatable bonds is 6. The number of carbonyl (C=O) groups excluding carboxylic acids is 1. The maximum absolute atomic E-state index is 12.3.